The molecule has 0 saturated carbocycles. The molecule has 1 N–H and O–H groups in total. The monoisotopic (exact) mass is 315 g/mol. The Bertz CT molecular complexity index is 677. The van der Waals surface area contributed by atoms with E-state index >= 15 is 0 Å². The molecular formula is C18H21NO2S. The molecule has 116 valence electrons. The Morgan fingerprint density at radius 1 is 1.41 bits per heavy atom. The van der Waals surface area contributed by atoms with Crippen LogP contribution in [0.2, 0.25) is 0 Å². The van der Waals surface area contributed by atoms with Gasteiger partial charge in [-0.3, -0.25) is 4.79 Å². The number of nitrogens with one attached hydrogen (secondary N) is 1. The molecule has 1 aliphatic heterocycles. The van der Waals surface area contributed by atoms with Crippen LogP contribution in [0.25, 0.3) is 0 Å². The first kappa shape index (κ1) is 15.1. The molecule has 1 atom stereocenters. The molecular weight excluding hydrogens is 294 g/mol. The SMILES string of the molecule is CCc1cc(C(=O)NCC2COc3ccccc3C2)sc1C. The zero-order valence-corrected chi connectivity index (χ0v) is 13.8. The Hall–Kier alpha value is -1.81. The van der Waals surface area contributed by atoms with Crippen LogP contribution in [-0.4, -0.2) is 19.1 Å². The van der Waals surface area contributed by atoms with Gasteiger partial charge in [0.25, 0.3) is 5.91 Å². The van der Waals surface area contributed by atoms with Crippen LogP contribution in [0, 0.1) is 12.8 Å². The van der Waals surface area contributed by atoms with Crippen molar-refractivity contribution in [2.45, 2.75) is 26.7 Å². The van der Waals surface area contributed by atoms with Gasteiger partial charge in [0.15, 0.2) is 0 Å². The molecule has 0 fully saturated rings. The highest BCUT2D eigenvalue weighted by molar-refractivity contribution is 7.14. The maximum atomic E-state index is 12.3. The topological polar surface area (TPSA) is 38.3 Å². The minimum Gasteiger partial charge on any atom is -0.493 e. The molecule has 1 aromatic carbocycles. The first-order valence-electron chi connectivity index (χ1n) is 7.75. The van der Waals surface area contributed by atoms with Gasteiger partial charge in [0, 0.05) is 17.3 Å². The van der Waals surface area contributed by atoms with Crippen LogP contribution in [0.15, 0.2) is 30.3 Å². The maximum Gasteiger partial charge on any atom is 0.261 e. The van der Waals surface area contributed by atoms with E-state index in [1.54, 1.807) is 11.3 Å². The molecule has 0 radical (unpaired) electrons. The van der Waals surface area contributed by atoms with Crippen molar-refractivity contribution in [2.24, 2.45) is 5.92 Å². The molecule has 0 spiro atoms. The molecule has 0 aliphatic carbocycles. The number of carbonyl (C=O) groups excluding carboxylic acids is 1. The minimum atomic E-state index is 0.0339. The third-order valence-electron chi connectivity index (χ3n) is 4.13. The summed E-state index contributed by atoms with van der Waals surface area (Å²) in [5.74, 6) is 1.35. The third-order valence-corrected chi connectivity index (χ3v) is 5.22. The van der Waals surface area contributed by atoms with Crippen molar-refractivity contribution in [3.05, 3.63) is 51.2 Å². The van der Waals surface area contributed by atoms with Gasteiger partial charge in [-0.1, -0.05) is 25.1 Å². The second-order valence-electron chi connectivity index (χ2n) is 5.74. The number of thiophene rings is 1. The van der Waals surface area contributed by atoms with Crippen molar-refractivity contribution in [1.82, 2.24) is 5.32 Å². The molecule has 3 rings (SSSR count). The van der Waals surface area contributed by atoms with E-state index in [1.165, 1.54) is 16.0 Å². The highest BCUT2D eigenvalue weighted by Crippen LogP contribution is 2.26. The summed E-state index contributed by atoms with van der Waals surface area (Å²) in [6, 6.07) is 10.1. The van der Waals surface area contributed by atoms with E-state index in [-0.39, 0.29) is 5.91 Å². The van der Waals surface area contributed by atoms with Gasteiger partial charge < -0.3 is 10.1 Å². The lowest BCUT2D eigenvalue weighted by Gasteiger charge is -2.25. The molecule has 2 heterocycles. The van der Waals surface area contributed by atoms with Gasteiger partial charge in [0.05, 0.1) is 11.5 Å². The first-order chi connectivity index (χ1) is 10.7. The number of para-hydroxylation sites is 1. The number of aryl methyl sites for hydroxylation is 2. The molecule has 22 heavy (non-hydrogen) atoms. The summed E-state index contributed by atoms with van der Waals surface area (Å²) >= 11 is 1.58. The number of fused-ring (bicyclic) bond motifs is 1. The van der Waals surface area contributed by atoms with Gasteiger partial charge in [-0.15, -0.1) is 11.3 Å². The summed E-state index contributed by atoms with van der Waals surface area (Å²) in [5.41, 5.74) is 2.50. The van der Waals surface area contributed by atoms with Gasteiger partial charge in [0.1, 0.15) is 5.75 Å². The van der Waals surface area contributed by atoms with Gasteiger partial charge in [-0.05, 0) is 43.0 Å². The van der Waals surface area contributed by atoms with Crippen molar-refractivity contribution in [3.8, 4) is 5.75 Å². The van der Waals surface area contributed by atoms with Crippen LogP contribution in [0.1, 0.15) is 32.6 Å². The van der Waals surface area contributed by atoms with Crippen LogP contribution in [0.5, 0.6) is 5.75 Å². The van der Waals surface area contributed by atoms with Crippen LogP contribution in [0.3, 0.4) is 0 Å². The lowest BCUT2D eigenvalue weighted by molar-refractivity contribution is 0.0943. The number of benzene rings is 1. The van der Waals surface area contributed by atoms with E-state index in [0.717, 1.165) is 23.5 Å². The second kappa shape index (κ2) is 6.53. The predicted octanol–water partition coefficient (Wildman–Crippen LogP) is 3.60. The minimum absolute atomic E-state index is 0.0339. The van der Waals surface area contributed by atoms with Crippen molar-refractivity contribution in [1.29, 1.82) is 0 Å². The maximum absolute atomic E-state index is 12.3. The average Bonchev–Trinajstić information content (AvgIpc) is 2.93. The van der Waals surface area contributed by atoms with E-state index in [4.69, 9.17) is 4.74 Å². The first-order valence-corrected chi connectivity index (χ1v) is 8.57. The largest absolute Gasteiger partial charge is 0.493 e. The smallest absolute Gasteiger partial charge is 0.261 e. The molecule has 4 heteroatoms. The van der Waals surface area contributed by atoms with Crippen molar-refractivity contribution in [2.75, 3.05) is 13.2 Å². The Balaban J connectivity index is 1.58. The summed E-state index contributed by atoms with van der Waals surface area (Å²) in [7, 11) is 0. The Morgan fingerprint density at radius 3 is 3.00 bits per heavy atom. The summed E-state index contributed by atoms with van der Waals surface area (Å²) in [6.45, 7) is 5.52. The van der Waals surface area contributed by atoms with Crippen LogP contribution in [-0.2, 0) is 12.8 Å². The molecule has 1 aliphatic rings. The van der Waals surface area contributed by atoms with E-state index < -0.39 is 0 Å². The normalized spacial score (nSPS) is 16.7. The lowest BCUT2D eigenvalue weighted by Crippen LogP contribution is -2.34. The molecule has 3 nitrogen and oxygen atoms in total. The molecule has 0 saturated heterocycles. The Morgan fingerprint density at radius 2 is 2.23 bits per heavy atom. The number of ether oxygens (including phenoxy) is 1. The summed E-state index contributed by atoms with van der Waals surface area (Å²) in [6.07, 6.45) is 1.93. The second-order valence-corrected chi connectivity index (χ2v) is 7.00. The van der Waals surface area contributed by atoms with Crippen molar-refractivity contribution in [3.63, 3.8) is 0 Å². The summed E-state index contributed by atoms with van der Waals surface area (Å²) in [4.78, 5) is 14.3. The highest BCUT2D eigenvalue weighted by atomic mass is 32.1. The third kappa shape index (κ3) is 3.17. The summed E-state index contributed by atoms with van der Waals surface area (Å²) < 4.78 is 5.77. The van der Waals surface area contributed by atoms with Crippen molar-refractivity contribution >= 4 is 17.2 Å². The highest BCUT2D eigenvalue weighted by Gasteiger charge is 2.20. The quantitative estimate of drug-likeness (QED) is 0.936. The number of hydrogen-bond donors (Lipinski definition) is 1. The Labute approximate surface area is 135 Å². The van der Waals surface area contributed by atoms with Gasteiger partial charge >= 0.3 is 0 Å². The molecule has 0 bridgehead atoms. The number of hydrogen-bond acceptors (Lipinski definition) is 3. The zero-order chi connectivity index (χ0) is 15.5. The average molecular weight is 315 g/mol. The zero-order valence-electron chi connectivity index (χ0n) is 13.0. The Kier molecular flexibility index (Phi) is 4.48. The van der Waals surface area contributed by atoms with Crippen molar-refractivity contribution < 1.29 is 9.53 Å². The fourth-order valence-electron chi connectivity index (χ4n) is 2.83. The van der Waals surface area contributed by atoms with Gasteiger partial charge in [-0.2, -0.15) is 0 Å². The molecule has 1 amide bonds. The number of amides is 1. The van der Waals surface area contributed by atoms with E-state index in [1.807, 2.05) is 24.3 Å². The van der Waals surface area contributed by atoms with E-state index in [2.05, 4.69) is 25.2 Å². The summed E-state index contributed by atoms with van der Waals surface area (Å²) in [5, 5.41) is 3.06. The van der Waals surface area contributed by atoms with E-state index in [9.17, 15) is 4.79 Å². The fraction of sp³-hybridized carbons (Fsp3) is 0.389. The standard InChI is InChI=1S/C18H21NO2S/c1-3-14-9-17(22-12(14)2)18(20)19-10-13-8-15-6-4-5-7-16(15)21-11-13/h4-7,9,13H,3,8,10-11H2,1-2H3,(H,19,20). The number of carbonyl (C=O) groups is 1. The molecule has 2 aromatic rings. The van der Waals surface area contributed by atoms with Gasteiger partial charge in [0.2, 0.25) is 0 Å². The van der Waals surface area contributed by atoms with Crippen LogP contribution < -0.4 is 10.1 Å². The lowest BCUT2D eigenvalue weighted by atomic mass is 9.97. The van der Waals surface area contributed by atoms with Crippen LogP contribution in [0.4, 0.5) is 0 Å². The fourth-order valence-corrected chi connectivity index (χ4v) is 3.86. The predicted molar refractivity (Wildman–Crippen MR) is 89.9 cm³/mol. The molecule has 1 aromatic heterocycles. The van der Waals surface area contributed by atoms with Gasteiger partial charge in [-0.25, -0.2) is 0 Å². The number of rotatable bonds is 4. The van der Waals surface area contributed by atoms with E-state index in [0.29, 0.717) is 19.1 Å². The van der Waals surface area contributed by atoms with Crippen LogP contribution >= 0.6 is 11.3 Å². The molecule has 1 unspecified atom stereocenters.